The molecule has 9 nitrogen and oxygen atoms in total. The van der Waals surface area contributed by atoms with Crippen LogP contribution in [0.4, 0.5) is 23.5 Å². The second-order valence-corrected chi connectivity index (χ2v) is 6.94. The van der Waals surface area contributed by atoms with E-state index in [9.17, 15) is 10.2 Å². The molecule has 30 heavy (non-hydrogen) atoms. The largest absolute Gasteiger partial charge is 0.504 e. The van der Waals surface area contributed by atoms with Crippen molar-refractivity contribution in [1.82, 2.24) is 15.0 Å². The number of anilines is 4. The molecule has 0 bridgehead atoms. The van der Waals surface area contributed by atoms with E-state index in [-0.39, 0.29) is 11.5 Å². The fourth-order valence-corrected chi connectivity index (χ4v) is 3.14. The van der Waals surface area contributed by atoms with Crippen LogP contribution in [0.1, 0.15) is 24.8 Å². The molecule has 4 rings (SSSR count). The van der Waals surface area contributed by atoms with Crippen molar-refractivity contribution >= 4 is 29.7 Å². The highest BCUT2D eigenvalue weighted by Crippen LogP contribution is 2.24. The molecule has 0 atom stereocenters. The summed E-state index contributed by atoms with van der Waals surface area (Å²) in [5.41, 5.74) is 4.32. The third-order valence-electron chi connectivity index (χ3n) is 4.67. The predicted molar refractivity (Wildman–Crippen MR) is 117 cm³/mol. The minimum absolute atomic E-state index is 0.180. The Morgan fingerprint density at radius 1 is 0.867 bits per heavy atom. The number of nitrogens with one attached hydrogen (secondary N) is 2. The number of phenolic OH excluding ortho intramolecular Hbond substituents is 2. The van der Waals surface area contributed by atoms with Gasteiger partial charge in [0.15, 0.2) is 11.5 Å². The molecule has 4 N–H and O–H groups in total. The van der Waals surface area contributed by atoms with E-state index < -0.39 is 0 Å². The normalized spacial score (nSPS) is 14.1. The van der Waals surface area contributed by atoms with Gasteiger partial charge in [0.1, 0.15) is 0 Å². The number of para-hydroxylation sites is 1. The summed E-state index contributed by atoms with van der Waals surface area (Å²) in [4.78, 5) is 15.7. The number of piperidine rings is 1. The van der Waals surface area contributed by atoms with Crippen molar-refractivity contribution in [3.05, 3.63) is 54.1 Å². The van der Waals surface area contributed by atoms with Crippen molar-refractivity contribution in [2.45, 2.75) is 19.3 Å². The molecular formula is C21H23N7O2. The molecule has 1 saturated heterocycles. The van der Waals surface area contributed by atoms with Gasteiger partial charge in [0.25, 0.3) is 0 Å². The lowest BCUT2D eigenvalue weighted by Gasteiger charge is -2.26. The van der Waals surface area contributed by atoms with E-state index in [0.717, 1.165) is 31.6 Å². The van der Waals surface area contributed by atoms with Crippen LogP contribution in [0.3, 0.4) is 0 Å². The molecule has 0 spiro atoms. The minimum Gasteiger partial charge on any atom is -0.504 e. The van der Waals surface area contributed by atoms with E-state index in [2.05, 4.69) is 35.7 Å². The molecule has 1 aromatic heterocycles. The Morgan fingerprint density at radius 3 is 2.40 bits per heavy atom. The minimum atomic E-state index is -0.208. The summed E-state index contributed by atoms with van der Waals surface area (Å²) in [6.07, 6.45) is 4.94. The fraction of sp³-hybridized carbons (Fsp3) is 0.238. The van der Waals surface area contributed by atoms with Crippen LogP contribution >= 0.6 is 0 Å². The van der Waals surface area contributed by atoms with Crippen molar-refractivity contribution < 1.29 is 10.2 Å². The van der Waals surface area contributed by atoms with Crippen LogP contribution in [-0.2, 0) is 0 Å². The number of phenols is 2. The quantitative estimate of drug-likeness (QED) is 0.280. The van der Waals surface area contributed by atoms with Gasteiger partial charge < -0.3 is 20.4 Å². The average Bonchev–Trinajstić information content (AvgIpc) is 2.77. The zero-order valence-electron chi connectivity index (χ0n) is 16.4. The predicted octanol–water partition coefficient (Wildman–Crippen LogP) is 3.46. The molecule has 0 amide bonds. The van der Waals surface area contributed by atoms with Gasteiger partial charge in [-0.1, -0.05) is 18.2 Å². The molecule has 1 fully saturated rings. The summed E-state index contributed by atoms with van der Waals surface area (Å²) in [5.74, 6) is 0.948. The summed E-state index contributed by atoms with van der Waals surface area (Å²) < 4.78 is 0. The zero-order valence-corrected chi connectivity index (χ0v) is 16.4. The van der Waals surface area contributed by atoms with Crippen LogP contribution in [-0.4, -0.2) is 44.5 Å². The van der Waals surface area contributed by atoms with E-state index >= 15 is 0 Å². The highest BCUT2D eigenvalue weighted by molar-refractivity contribution is 5.81. The average molecular weight is 405 g/mol. The lowest BCUT2D eigenvalue weighted by Crippen LogP contribution is -2.31. The first-order valence-electron chi connectivity index (χ1n) is 9.81. The van der Waals surface area contributed by atoms with Crippen LogP contribution in [0.15, 0.2) is 53.6 Å². The van der Waals surface area contributed by atoms with Gasteiger partial charge in [0.2, 0.25) is 17.8 Å². The summed E-state index contributed by atoms with van der Waals surface area (Å²) >= 11 is 0. The number of benzene rings is 2. The maximum atomic E-state index is 9.59. The van der Waals surface area contributed by atoms with Crippen LogP contribution in [0, 0.1) is 0 Å². The zero-order chi connectivity index (χ0) is 20.8. The Balaban J connectivity index is 1.56. The number of nitrogens with zero attached hydrogens (tertiary/aromatic N) is 5. The summed E-state index contributed by atoms with van der Waals surface area (Å²) in [5, 5.41) is 26.4. The van der Waals surface area contributed by atoms with Crippen molar-refractivity contribution in [1.29, 1.82) is 0 Å². The van der Waals surface area contributed by atoms with E-state index in [1.807, 2.05) is 30.3 Å². The number of aromatic nitrogens is 3. The molecule has 1 aliphatic heterocycles. The van der Waals surface area contributed by atoms with Crippen molar-refractivity contribution in [2.75, 3.05) is 28.7 Å². The van der Waals surface area contributed by atoms with E-state index in [1.165, 1.54) is 24.8 Å². The van der Waals surface area contributed by atoms with E-state index in [4.69, 9.17) is 0 Å². The van der Waals surface area contributed by atoms with Crippen LogP contribution in [0.5, 0.6) is 11.5 Å². The highest BCUT2D eigenvalue weighted by atomic mass is 16.3. The smallest absolute Gasteiger partial charge is 0.250 e. The topological polar surface area (TPSA) is 119 Å². The Bertz CT molecular complexity index is 1020. The van der Waals surface area contributed by atoms with E-state index in [0.29, 0.717) is 23.4 Å². The molecule has 0 unspecified atom stereocenters. The lowest BCUT2D eigenvalue weighted by atomic mass is 10.1. The number of hydrazone groups is 1. The number of hydrogen-bond donors (Lipinski definition) is 4. The van der Waals surface area contributed by atoms with Crippen molar-refractivity contribution in [3.63, 3.8) is 0 Å². The number of hydrogen-bond acceptors (Lipinski definition) is 9. The number of rotatable bonds is 6. The summed E-state index contributed by atoms with van der Waals surface area (Å²) in [6.45, 7) is 1.81. The van der Waals surface area contributed by atoms with Crippen LogP contribution in [0.2, 0.25) is 0 Å². The van der Waals surface area contributed by atoms with Gasteiger partial charge in [-0.05, 0) is 55.2 Å². The Labute approximate surface area is 174 Å². The Kier molecular flexibility index (Phi) is 5.88. The van der Waals surface area contributed by atoms with Crippen molar-refractivity contribution in [2.24, 2.45) is 5.10 Å². The second kappa shape index (κ2) is 9.08. The van der Waals surface area contributed by atoms with Crippen LogP contribution in [0.25, 0.3) is 0 Å². The molecule has 2 heterocycles. The van der Waals surface area contributed by atoms with Gasteiger partial charge in [-0.3, -0.25) is 0 Å². The van der Waals surface area contributed by atoms with Gasteiger partial charge in [0.05, 0.1) is 6.21 Å². The monoisotopic (exact) mass is 405 g/mol. The molecule has 1 aliphatic rings. The van der Waals surface area contributed by atoms with Gasteiger partial charge in [-0.15, -0.1) is 0 Å². The second-order valence-electron chi connectivity index (χ2n) is 6.94. The van der Waals surface area contributed by atoms with Gasteiger partial charge in [0, 0.05) is 18.8 Å². The summed E-state index contributed by atoms with van der Waals surface area (Å²) in [6, 6.07) is 14.1. The Hall–Kier alpha value is -3.88. The number of aromatic hydroxyl groups is 2. The van der Waals surface area contributed by atoms with E-state index in [1.54, 1.807) is 6.07 Å². The van der Waals surface area contributed by atoms with Gasteiger partial charge in [-0.25, -0.2) is 5.43 Å². The standard InChI is InChI=1S/C21H23N7O2/c29-17-10-9-15(13-18(17)30)14-22-27-20-24-19(23-16-7-3-1-4-8-16)25-21(26-20)28-11-5-2-6-12-28/h1,3-4,7-10,13-14,29-30H,2,5-6,11-12H2,(H2,23,24,25,26,27)/b22-14+. The molecule has 9 heteroatoms. The SMILES string of the molecule is Oc1ccc(/C=N/Nc2nc(Nc3ccccc3)nc(N3CCCCC3)n2)cc1O. The summed E-state index contributed by atoms with van der Waals surface area (Å²) in [7, 11) is 0. The maximum Gasteiger partial charge on any atom is 0.250 e. The van der Waals surface area contributed by atoms with Crippen molar-refractivity contribution in [3.8, 4) is 11.5 Å². The van der Waals surface area contributed by atoms with Crippen LogP contribution < -0.4 is 15.6 Å². The third-order valence-corrected chi connectivity index (χ3v) is 4.67. The first-order chi connectivity index (χ1) is 14.7. The lowest BCUT2D eigenvalue weighted by molar-refractivity contribution is 0.403. The molecule has 2 aromatic carbocycles. The Morgan fingerprint density at radius 2 is 1.63 bits per heavy atom. The molecule has 0 aliphatic carbocycles. The third kappa shape index (κ3) is 4.93. The maximum absolute atomic E-state index is 9.59. The first kappa shape index (κ1) is 19.4. The fourth-order valence-electron chi connectivity index (χ4n) is 3.14. The molecule has 3 aromatic rings. The molecule has 0 radical (unpaired) electrons. The van der Waals surface area contributed by atoms with Gasteiger partial charge >= 0.3 is 0 Å². The molecular weight excluding hydrogens is 382 g/mol. The molecule has 0 saturated carbocycles. The highest BCUT2D eigenvalue weighted by Gasteiger charge is 2.16. The van der Waals surface area contributed by atoms with Gasteiger partial charge in [-0.2, -0.15) is 20.1 Å². The first-order valence-corrected chi connectivity index (χ1v) is 9.81. The molecule has 154 valence electrons.